The van der Waals surface area contributed by atoms with Gasteiger partial charge >= 0.3 is 0 Å². The molecule has 0 unspecified atom stereocenters. The molecule has 1 aromatic heterocycles. The molecule has 180 valence electrons. The highest BCUT2D eigenvalue weighted by atomic mass is 35.5. The predicted octanol–water partition coefficient (Wildman–Crippen LogP) is 5.35. The van der Waals surface area contributed by atoms with E-state index >= 15 is 0 Å². The predicted molar refractivity (Wildman–Crippen MR) is 134 cm³/mol. The number of halogens is 1. The number of carbonyl (C=O) groups is 1. The Bertz CT molecular complexity index is 1470. The van der Waals surface area contributed by atoms with Gasteiger partial charge in [-0.05, 0) is 61.0 Å². The van der Waals surface area contributed by atoms with Crippen molar-refractivity contribution in [1.82, 2.24) is 10.2 Å². The van der Waals surface area contributed by atoms with Gasteiger partial charge in [0, 0.05) is 10.6 Å². The quantitative estimate of drug-likeness (QED) is 0.294. The molecule has 0 fully saturated rings. The van der Waals surface area contributed by atoms with Crippen molar-refractivity contribution in [3.05, 3.63) is 82.9 Å². The molecule has 0 saturated heterocycles. The van der Waals surface area contributed by atoms with Crippen LogP contribution in [0.1, 0.15) is 15.9 Å². The van der Waals surface area contributed by atoms with Crippen LogP contribution in [0.3, 0.4) is 0 Å². The molecule has 35 heavy (non-hydrogen) atoms. The minimum atomic E-state index is -4.16. The number of ether oxygens (including phenoxy) is 2. The minimum absolute atomic E-state index is 0.0411. The Hall–Kier alpha value is -3.67. The number of nitrogens with one attached hydrogen (secondary N) is 2. The number of benzene rings is 3. The lowest BCUT2D eigenvalue weighted by Crippen LogP contribution is -2.13. The van der Waals surface area contributed by atoms with Gasteiger partial charge in [-0.2, -0.15) is 8.42 Å². The summed E-state index contributed by atoms with van der Waals surface area (Å²) in [6, 6.07) is 18.3. The molecule has 1 amide bonds. The molecular formula is C23H19ClN4O5S2. The first-order chi connectivity index (χ1) is 16.7. The molecule has 12 heteroatoms. The highest BCUT2D eigenvalue weighted by molar-refractivity contribution is 7.94. The fourth-order valence-corrected chi connectivity index (χ4v) is 5.12. The number of nitrogens with zero attached hydrogens (tertiary/aromatic N) is 2. The van der Waals surface area contributed by atoms with Crippen LogP contribution in [0.25, 0.3) is 0 Å². The Morgan fingerprint density at radius 3 is 2.43 bits per heavy atom. The van der Waals surface area contributed by atoms with Crippen molar-refractivity contribution >= 4 is 49.7 Å². The van der Waals surface area contributed by atoms with Crippen LogP contribution in [0.15, 0.2) is 71.1 Å². The van der Waals surface area contributed by atoms with E-state index in [0.717, 1.165) is 5.56 Å². The van der Waals surface area contributed by atoms with Gasteiger partial charge in [0.2, 0.25) is 5.13 Å². The Kier molecular flexibility index (Phi) is 7.20. The molecule has 4 rings (SSSR count). The molecule has 0 aliphatic carbocycles. The first-order valence-electron chi connectivity index (χ1n) is 10.1. The lowest BCUT2D eigenvalue weighted by atomic mass is 10.1. The summed E-state index contributed by atoms with van der Waals surface area (Å²) in [7, 11) is -2.61. The number of rotatable bonds is 8. The second kappa shape index (κ2) is 10.3. The van der Waals surface area contributed by atoms with E-state index in [1.807, 2.05) is 6.07 Å². The molecule has 9 nitrogen and oxygen atoms in total. The maximum atomic E-state index is 13.0. The standard InChI is InChI=1S/C23H19ClN4O5S2/c1-14-5-3-4-6-18(14)21(29)25-22-26-27-23(34-22)35(30,31)28-19-13-15(24)7-12-20(19)33-17-10-8-16(32-2)9-11-17/h3-13,28H,1-2H3,(H,25,26,29). The monoisotopic (exact) mass is 530 g/mol. The summed E-state index contributed by atoms with van der Waals surface area (Å²) in [4.78, 5) is 12.5. The number of carbonyl (C=O) groups excluding carboxylic acids is 1. The first kappa shape index (κ1) is 24.5. The molecule has 2 N–H and O–H groups in total. The van der Waals surface area contributed by atoms with E-state index in [9.17, 15) is 13.2 Å². The van der Waals surface area contributed by atoms with Crippen molar-refractivity contribution < 1.29 is 22.7 Å². The third kappa shape index (κ3) is 5.88. The number of methoxy groups -OCH3 is 1. The van der Waals surface area contributed by atoms with E-state index in [1.54, 1.807) is 68.6 Å². The molecule has 0 aliphatic heterocycles. The first-order valence-corrected chi connectivity index (χ1v) is 12.8. The maximum absolute atomic E-state index is 13.0. The molecule has 0 atom stereocenters. The summed E-state index contributed by atoms with van der Waals surface area (Å²) in [5.74, 6) is 0.920. The summed E-state index contributed by atoms with van der Waals surface area (Å²) in [5, 5.41) is 10.4. The highest BCUT2D eigenvalue weighted by Gasteiger charge is 2.23. The van der Waals surface area contributed by atoms with Gasteiger partial charge in [-0.3, -0.25) is 14.8 Å². The van der Waals surface area contributed by atoms with Crippen LogP contribution in [0, 0.1) is 6.92 Å². The lowest BCUT2D eigenvalue weighted by molar-refractivity contribution is 0.102. The van der Waals surface area contributed by atoms with E-state index in [2.05, 4.69) is 20.2 Å². The van der Waals surface area contributed by atoms with E-state index in [0.29, 0.717) is 33.4 Å². The van der Waals surface area contributed by atoms with Gasteiger partial charge in [0.25, 0.3) is 20.3 Å². The molecule has 1 heterocycles. The van der Waals surface area contributed by atoms with Crippen LogP contribution >= 0.6 is 22.9 Å². The summed E-state index contributed by atoms with van der Waals surface area (Å²) < 4.78 is 39.0. The molecule has 0 bridgehead atoms. The van der Waals surface area contributed by atoms with Crippen LogP contribution < -0.4 is 19.5 Å². The van der Waals surface area contributed by atoms with Crippen molar-refractivity contribution in [2.24, 2.45) is 0 Å². The van der Waals surface area contributed by atoms with Crippen LogP contribution in [0.4, 0.5) is 10.8 Å². The number of hydrogen-bond acceptors (Lipinski definition) is 8. The van der Waals surface area contributed by atoms with Gasteiger partial charge in [-0.25, -0.2) is 0 Å². The average Bonchev–Trinajstić information content (AvgIpc) is 3.31. The average molecular weight is 531 g/mol. The van der Waals surface area contributed by atoms with Crippen LogP contribution in [-0.2, 0) is 10.0 Å². The van der Waals surface area contributed by atoms with Crippen LogP contribution in [0.5, 0.6) is 17.2 Å². The van der Waals surface area contributed by atoms with Gasteiger partial charge in [0.05, 0.1) is 12.8 Å². The van der Waals surface area contributed by atoms with Crippen molar-refractivity contribution in [2.45, 2.75) is 11.3 Å². The molecular weight excluding hydrogens is 512 g/mol. The van der Waals surface area contributed by atoms with Crippen LogP contribution in [-0.4, -0.2) is 31.6 Å². The second-order valence-electron chi connectivity index (χ2n) is 7.17. The Balaban J connectivity index is 1.53. The summed E-state index contributed by atoms with van der Waals surface area (Å²) >= 11 is 6.80. The van der Waals surface area contributed by atoms with Crippen molar-refractivity contribution in [2.75, 3.05) is 17.1 Å². The number of anilines is 2. The summed E-state index contributed by atoms with van der Waals surface area (Å²) in [6.07, 6.45) is 0. The molecule has 3 aromatic carbocycles. The number of sulfonamides is 1. The van der Waals surface area contributed by atoms with E-state index < -0.39 is 15.9 Å². The zero-order chi connectivity index (χ0) is 25.0. The maximum Gasteiger partial charge on any atom is 0.291 e. The fourth-order valence-electron chi connectivity index (χ4n) is 2.99. The van der Waals surface area contributed by atoms with Gasteiger partial charge in [-0.15, -0.1) is 10.2 Å². The van der Waals surface area contributed by atoms with Crippen molar-refractivity contribution in [1.29, 1.82) is 0 Å². The smallest absolute Gasteiger partial charge is 0.291 e. The highest BCUT2D eigenvalue weighted by Crippen LogP contribution is 2.34. The molecule has 0 saturated carbocycles. The van der Waals surface area contributed by atoms with Crippen molar-refractivity contribution in [3.8, 4) is 17.2 Å². The normalized spacial score (nSPS) is 11.1. The van der Waals surface area contributed by atoms with Gasteiger partial charge in [-0.1, -0.05) is 41.1 Å². The summed E-state index contributed by atoms with van der Waals surface area (Å²) in [5.41, 5.74) is 1.33. The molecule has 0 spiro atoms. The van der Waals surface area contributed by atoms with Crippen LogP contribution in [0.2, 0.25) is 5.02 Å². The number of aryl methyl sites for hydroxylation is 1. The van der Waals surface area contributed by atoms with Crippen molar-refractivity contribution in [3.63, 3.8) is 0 Å². The number of aromatic nitrogens is 2. The SMILES string of the molecule is COc1ccc(Oc2ccc(Cl)cc2NS(=O)(=O)c2nnc(NC(=O)c3ccccc3C)s2)cc1. The van der Waals surface area contributed by atoms with Gasteiger partial charge in [0.15, 0.2) is 5.75 Å². The lowest BCUT2D eigenvalue weighted by Gasteiger charge is -2.13. The second-order valence-corrected chi connectivity index (χ2v) is 10.4. The molecule has 0 radical (unpaired) electrons. The van der Waals surface area contributed by atoms with E-state index in [1.165, 1.54) is 6.07 Å². The Morgan fingerprint density at radius 1 is 1.00 bits per heavy atom. The third-order valence-corrected chi connectivity index (χ3v) is 7.53. The zero-order valence-electron chi connectivity index (χ0n) is 18.5. The topological polar surface area (TPSA) is 120 Å². The van der Waals surface area contributed by atoms with Gasteiger partial charge < -0.3 is 9.47 Å². The summed E-state index contributed by atoms with van der Waals surface area (Å²) in [6.45, 7) is 1.80. The number of amides is 1. The Morgan fingerprint density at radius 2 is 1.71 bits per heavy atom. The Labute approximate surface area is 210 Å². The third-order valence-electron chi connectivity index (χ3n) is 4.72. The molecule has 4 aromatic rings. The fraction of sp³-hybridized carbons (Fsp3) is 0.0870. The molecule has 0 aliphatic rings. The van der Waals surface area contributed by atoms with Gasteiger partial charge in [0.1, 0.15) is 11.5 Å². The van der Waals surface area contributed by atoms with E-state index in [4.69, 9.17) is 21.1 Å². The zero-order valence-corrected chi connectivity index (χ0v) is 20.9. The van der Waals surface area contributed by atoms with E-state index in [-0.39, 0.29) is 20.9 Å². The number of hydrogen-bond donors (Lipinski definition) is 2. The minimum Gasteiger partial charge on any atom is -0.497 e. The largest absolute Gasteiger partial charge is 0.497 e.